The first kappa shape index (κ1) is 27.3. The molecule has 0 fully saturated rings. The second-order valence-corrected chi connectivity index (χ2v) is 9.49. The van der Waals surface area contributed by atoms with Crippen LogP contribution in [-0.2, 0) is 6.61 Å². The maximum Gasteiger partial charge on any atom is 0.282 e. The number of hydrogen-bond acceptors (Lipinski definition) is 8. The standard InChI is InChI=1S/C34H26N4O5/c1-3-41-31-17-22(15-16-30(31)42-21-24-10-5-4-9-23(24)19-35)20-36-38-33(37-27-12-7-6-11-25(27)34(38)39)32-18-26-28(40-2)13-8-14-29(26)43-32/h4-18,20H,3,21H2,1-2H3. The van der Waals surface area contributed by atoms with Crippen LogP contribution in [0.3, 0.4) is 0 Å². The van der Waals surface area contributed by atoms with E-state index >= 15 is 0 Å². The van der Waals surface area contributed by atoms with Crippen molar-refractivity contribution in [3.8, 4) is 34.9 Å². The molecule has 2 aromatic heterocycles. The van der Waals surface area contributed by atoms with Crippen LogP contribution in [0.2, 0.25) is 0 Å². The Labute approximate surface area is 246 Å². The summed E-state index contributed by atoms with van der Waals surface area (Å²) >= 11 is 0. The van der Waals surface area contributed by atoms with Crippen molar-refractivity contribution in [1.82, 2.24) is 9.66 Å². The fraction of sp³-hybridized carbons (Fsp3) is 0.118. The molecule has 0 bridgehead atoms. The zero-order valence-electron chi connectivity index (χ0n) is 23.5. The molecule has 0 amide bonds. The van der Waals surface area contributed by atoms with Gasteiger partial charge >= 0.3 is 0 Å². The van der Waals surface area contributed by atoms with Crippen LogP contribution in [0.1, 0.15) is 23.6 Å². The fourth-order valence-corrected chi connectivity index (χ4v) is 4.74. The van der Waals surface area contributed by atoms with Crippen molar-refractivity contribution in [3.05, 3.63) is 118 Å². The highest BCUT2D eigenvalue weighted by atomic mass is 16.5. The number of nitriles is 1. The monoisotopic (exact) mass is 570 g/mol. The third kappa shape index (κ3) is 5.42. The number of fused-ring (bicyclic) bond motifs is 2. The molecule has 0 aliphatic rings. The lowest BCUT2D eigenvalue weighted by atomic mass is 10.1. The molecule has 43 heavy (non-hydrogen) atoms. The van der Waals surface area contributed by atoms with Crippen molar-refractivity contribution in [1.29, 1.82) is 5.26 Å². The minimum atomic E-state index is -0.342. The van der Waals surface area contributed by atoms with E-state index in [0.29, 0.717) is 57.2 Å². The van der Waals surface area contributed by atoms with E-state index in [1.807, 2.05) is 55.5 Å². The molecule has 0 aliphatic heterocycles. The third-order valence-electron chi connectivity index (χ3n) is 6.83. The molecule has 0 unspecified atom stereocenters. The van der Waals surface area contributed by atoms with Gasteiger partial charge in [-0.1, -0.05) is 36.4 Å². The van der Waals surface area contributed by atoms with Crippen LogP contribution in [0.4, 0.5) is 0 Å². The van der Waals surface area contributed by atoms with Gasteiger partial charge in [-0.05, 0) is 67.1 Å². The topological polar surface area (TPSA) is 112 Å². The van der Waals surface area contributed by atoms with E-state index in [1.54, 1.807) is 55.8 Å². The lowest BCUT2D eigenvalue weighted by Gasteiger charge is -2.13. The molecular formula is C34H26N4O5. The van der Waals surface area contributed by atoms with Crippen LogP contribution in [0.5, 0.6) is 17.2 Å². The van der Waals surface area contributed by atoms with Crippen molar-refractivity contribution in [2.24, 2.45) is 5.10 Å². The smallest absolute Gasteiger partial charge is 0.282 e. The molecule has 9 heteroatoms. The summed E-state index contributed by atoms with van der Waals surface area (Å²) < 4.78 is 24.7. The highest BCUT2D eigenvalue weighted by Crippen LogP contribution is 2.33. The summed E-state index contributed by atoms with van der Waals surface area (Å²) in [6, 6.07) is 29.2. The molecule has 0 aliphatic carbocycles. The zero-order valence-corrected chi connectivity index (χ0v) is 23.5. The maximum absolute atomic E-state index is 13.7. The fourth-order valence-electron chi connectivity index (χ4n) is 4.74. The molecule has 0 atom stereocenters. The molecule has 4 aromatic carbocycles. The van der Waals surface area contributed by atoms with Gasteiger partial charge < -0.3 is 18.6 Å². The van der Waals surface area contributed by atoms with Gasteiger partial charge in [0.25, 0.3) is 5.56 Å². The van der Waals surface area contributed by atoms with Crippen molar-refractivity contribution in [2.75, 3.05) is 13.7 Å². The number of rotatable bonds is 9. The lowest BCUT2D eigenvalue weighted by molar-refractivity contribution is 0.269. The van der Waals surface area contributed by atoms with Crippen LogP contribution in [0.15, 0.2) is 105 Å². The Bertz CT molecular complexity index is 2090. The summed E-state index contributed by atoms with van der Waals surface area (Å²) in [7, 11) is 1.59. The summed E-state index contributed by atoms with van der Waals surface area (Å²) in [5, 5.41) is 15.1. The number of furan rings is 1. The minimum absolute atomic E-state index is 0.209. The summed E-state index contributed by atoms with van der Waals surface area (Å²) in [5.41, 5.74) is 2.78. The summed E-state index contributed by atoms with van der Waals surface area (Å²) in [6.07, 6.45) is 1.56. The highest BCUT2D eigenvalue weighted by molar-refractivity contribution is 5.88. The van der Waals surface area contributed by atoms with E-state index in [9.17, 15) is 10.1 Å². The number of aromatic nitrogens is 2. The quantitative estimate of drug-likeness (QED) is 0.181. The molecule has 9 nitrogen and oxygen atoms in total. The molecule has 6 rings (SSSR count). The molecule has 0 radical (unpaired) electrons. The molecule has 2 heterocycles. The number of methoxy groups -OCH3 is 1. The van der Waals surface area contributed by atoms with Gasteiger partial charge in [0.1, 0.15) is 17.9 Å². The molecular weight excluding hydrogens is 544 g/mol. The summed E-state index contributed by atoms with van der Waals surface area (Å²) in [4.78, 5) is 18.4. The second kappa shape index (κ2) is 11.9. The largest absolute Gasteiger partial charge is 0.496 e. The van der Waals surface area contributed by atoms with Crippen LogP contribution in [0.25, 0.3) is 33.5 Å². The van der Waals surface area contributed by atoms with E-state index in [0.717, 1.165) is 10.9 Å². The van der Waals surface area contributed by atoms with Gasteiger partial charge in [-0.3, -0.25) is 4.79 Å². The molecule has 0 saturated heterocycles. The van der Waals surface area contributed by atoms with Crippen LogP contribution in [0, 0.1) is 11.3 Å². The Balaban J connectivity index is 1.38. The van der Waals surface area contributed by atoms with Gasteiger partial charge in [0.2, 0.25) is 5.82 Å². The Morgan fingerprint density at radius 1 is 0.930 bits per heavy atom. The number of benzene rings is 4. The van der Waals surface area contributed by atoms with Crippen LogP contribution in [-0.4, -0.2) is 29.6 Å². The van der Waals surface area contributed by atoms with Crippen molar-refractivity contribution in [3.63, 3.8) is 0 Å². The Kier molecular flexibility index (Phi) is 7.57. The molecule has 0 saturated carbocycles. The van der Waals surface area contributed by atoms with Gasteiger partial charge in [0.05, 0.1) is 47.9 Å². The molecule has 0 N–H and O–H groups in total. The minimum Gasteiger partial charge on any atom is -0.496 e. The van der Waals surface area contributed by atoms with E-state index in [2.05, 4.69) is 11.2 Å². The maximum atomic E-state index is 13.7. The predicted molar refractivity (Wildman–Crippen MR) is 164 cm³/mol. The zero-order chi connectivity index (χ0) is 29.8. The Morgan fingerprint density at radius 2 is 1.77 bits per heavy atom. The average Bonchev–Trinajstić information content (AvgIpc) is 3.49. The Morgan fingerprint density at radius 3 is 2.60 bits per heavy atom. The second-order valence-electron chi connectivity index (χ2n) is 9.49. The number of hydrogen-bond donors (Lipinski definition) is 0. The highest BCUT2D eigenvalue weighted by Gasteiger charge is 2.18. The molecule has 6 aromatic rings. The third-order valence-corrected chi connectivity index (χ3v) is 6.83. The first-order chi connectivity index (χ1) is 21.1. The van der Waals surface area contributed by atoms with E-state index in [1.165, 1.54) is 4.68 Å². The average molecular weight is 571 g/mol. The SMILES string of the molecule is CCOc1cc(C=Nn2c(-c3cc4c(OC)cccc4o3)nc3ccccc3c2=O)ccc1OCc1ccccc1C#N. The first-order valence-corrected chi connectivity index (χ1v) is 13.6. The summed E-state index contributed by atoms with van der Waals surface area (Å²) in [5.74, 6) is 2.30. The Hall–Kier alpha value is -5.88. The van der Waals surface area contributed by atoms with Gasteiger partial charge in [-0.2, -0.15) is 15.0 Å². The first-order valence-electron chi connectivity index (χ1n) is 13.6. The molecule has 212 valence electrons. The molecule has 0 spiro atoms. The van der Waals surface area contributed by atoms with Gasteiger partial charge in [-0.25, -0.2) is 4.98 Å². The van der Waals surface area contributed by atoms with Gasteiger partial charge in [0, 0.05) is 5.56 Å². The van der Waals surface area contributed by atoms with Crippen molar-refractivity contribution < 1.29 is 18.6 Å². The van der Waals surface area contributed by atoms with Crippen molar-refractivity contribution >= 4 is 28.1 Å². The number of para-hydroxylation sites is 1. The predicted octanol–water partition coefficient (Wildman–Crippen LogP) is 6.55. The number of nitrogens with zero attached hydrogens (tertiary/aromatic N) is 4. The van der Waals surface area contributed by atoms with Gasteiger partial charge in [0.15, 0.2) is 17.3 Å². The summed E-state index contributed by atoms with van der Waals surface area (Å²) in [6.45, 7) is 2.50. The van der Waals surface area contributed by atoms with Crippen LogP contribution < -0.4 is 19.8 Å². The van der Waals surface area contributed by atoms with Crippen LogP contribution >= 0.6 is 0 Å². The van der Waals surface area contributed by atoms with Gasteiger partial charge in [-0.15, -0.1) is 0 Å². The van der Waals surface area contributed by atoms with E-state index < -0.39 is 0 Å². The van der Waals surface area contributed by atoms with E-state index in [4.69, 9.17) is 23.6 Å². The van der Waals surface area contributed by atoms with Crippen molar-refractivity contribution in [2.45, 2.75) is 13.5 Å². The normalized spacial score (nSPS) is 11.2. The number of ether oxygens (including phenoxy) is 3. The lowest BCUT2D eigenvalue weighted by Crippen LogP contribution is -2.20. The van der Waals surface area contributed by atoms with E-state index in [-0.39, 0.29) is 18.0 Å².